The molecule has 0 aliphatic heterocycles. The molecule has 0 aromatic heterocycles. The third kappa shape index (κ3) is 1.27. The minimum atomic E-state index is -0.349. The maximum atomic E-state index is 10.1. The lowest BCUT2D eigenvalue weighted by atomic mass is 9.63. The van der Waals surface area contributed by atoms with Crippen molar-refractivity contribution in [3.63, 3.8) is 0 Å². The van der Waals surface area contributed by atoms with Crippen molar-refractivity contribution < 1.29 is 5.11 Å². The number of aliphatic hydroxyl groups is 1. The van der Waals surface area contributed by atoms with Crippen molar-refractivity contribution in [2.24, 2.45) is 17.6 Å². The van der Waals surface area contributed by atoms with Gasteiger partial charge in [0.05, 0.1) is 5.60 Å². The Labute approximate surface area is 74.1 Å². The summed E-state index contributed by atoms with van der Waals surface area (Å²) in [5.74, 6) is 1.10. The molecule has 0 amide bonds. The molecule has 2 bridgehead atoms. The van der Waals surface area contributed by atoms with Crippen LogP contribution in [0.1, 0.15) is 39.0 Å². The van der Waals surface area contributed by atoms with Crippen LogP contribution in [-0.2, 0) is 0 Å². The van der Waals surface area contributed by atoms with Crippen LogP contribution in [0.4, 0.5) is 0 Å². The highest BCUT2D eigenvalue weighted by Gasteiger charge is 2.44. The van der Waals surface area contributed by atoms with Crippen molar-refractivity contribution in [3.8, 4) is 0 Å². The molecule has 0 aromatic rings. The van der Waals surface area contributed by atoms with E-state index in [2.05, 4.69) is 6.92 Å². The lowest BCUT2D eigenvalue weighted by Gasteiger charge is -2.47. The first-order valence-electron chi connectivity index (χ1n) is 5.09. The molecule has 2 aliphatic carbocycles. The highest BCUT2D eigenvalue weighted by atomic mass is 16.3. The quantitative estimate of drug-likeness (QED) is 0.573. The maximum Gasteiger partial charge on any atom is 0.0654 e. The normalized spacial score (nSPS) is 53.8. The molecule has 70 valence electrons. The first-order chi connectivity index (χ1) is 5.61. The Kier molecular flexibility index (Phi) is 1.92. The molecule has 3 N–H and O–H groups in total. The van der Waals surface area contributed by atoms with Gasteiger partial charge in [0.15, 0.2) is 0 Å². The van der Waals surface area contributed by atoms with Gasteiger partial charge in [-0.05, 0) is 37.5 Å². The van der Waals surface area contributed by atoms with Crippen LogP contribution < -0.4 is 5.73 Å². The molecule has 2 nitrogen and oxygen atoms in total. The molecule has 2 saturated carbocycles. The minimum absolute atomic E-state index is 0.338. The van der Waals surface area contributed by atoms with Gasteiger partial charge < -0.3 is 10.8 Å². The van der Waals surface area contributed by atoms with Crippen LogP contribution in [0.25, 0.3) is 0 Å². The summed E-state index contributed by atoms with van der Waals surface area (Å²) >= 11 is 0. The van der Waals surface area contributed by atoms with E-state index in [0.717, 1.165) is 19.3 Å². The lowest BCUT2D eigenvalue weighted by molar-refractivity contribution is -0.0719. The first-order valence-corrected chi connectivity index (χ1v) is 5.09. The van der Waals surface area contributed by atoms with Crippen molar-refractivity contribution in [2.45, 2.75) is 50.7 Å². The van der Waals surface area contributed by atoms with Crippen molar-refractivity contribution in [1.82, 2.24) is 0 Å². The Hall–Kier alpha value is -0.0800. The smallest absolute Gasteiger partial charge is 0.0654 e. The van der Waals surface area contributed by atoms with Gasteiger partial charge in [-0.25, -0.2) is 0 Å². The van der Waals surface area contributed by atoms with Gasteiger partial charge in [-0.3, -0.25) is 0 Å². The van der Waals surface area contributed by atoms with Crippen LogP contribution in [0.15, 0.2) is 0 Å². The van der Waals surface area contributed by atoms with Crippen LogP contribution >= 0.6 is 0 Å². The van der Waals surface area contributed by atoms with Gasteiger partial charge in [0.1, 0.15) is 0 Å². The molecule has 0 saturated heterocycles. The number of fused-ring (bicyclic) bond motifs is 2. The van der Waals surface area contributed by atoms with Crippen molar-refractivity contribution in [3.05, 3.63) is 0 Å². The van der Waals surface area contributed by atoms with Gasteiger partial charge in [-0.2, -0.15) is 0 Å². The molecule has 2 rings (SSSR count). The van der Waals surface area contributed by atoms with Gasteiger partial charge in [-0.15, -0.1) is 0 Å². The zero-order chi connectivity index (χ0) is 8.77. The van der Waals surface area contributed by atoms with E-state index in [1.807, 2.05) is 0 Å². The van der Waals surface area contributed by atoms with E-state index in [-0.39, 0.29) is 5.60 Å². The fraction of sp³-hybridized carbons (Fsp3) is 1.00. The standard InChI is InChI=1S/C10H19NO/c1-7-5-10(12)4-2-3-8(6-10)9(7)11/h7-9,12H,2-6,11H2,1H3. The van der Waals surface area contributed by atoms with E-state index in [4.69, 9.17) is 5.73 Å². The molecule has 0 aromatic carbocycles. The molecule has 4 atom stereocenters. The molecule has 2 heteroatoms. The number of nitrogens with two attached hydrogens (primary N) is 1. The Balaban J connectivity index is 2.14. The molecule has 2 fully saturated rings. The van der Waals surface area contributed by atoms with Gasteiger partial charge in [0.25, 0.3) is 0 Å². The summed E-state index contributed by atoms with van der Waals surface area (Å²) in [5, 5.41) is 10.1. The van der Waals surface area contributed by atoms with Crippen molar-refractivity contribution in [1.29, 1.82) is 0 Å². The van der Waals surface area contributed by atoms with Crippen LogP contribution in [0.2, 0.25) is 0 Å². The monoisotopic (exact) mass is 169 g/mol. The predicted molar refractivity (Wildman–Crippen MR) is 48.7 cm³/mol. The van der Waals surface area contributed by atoms with Crippen molar-refractivity contribution >= 4 is 0 Å². The topological polar surface area (TPSA) is 46.2 Å². The van der Waals surface area contributed by atoms with Gasteiger partial charge in [-0.1, -0.05) is 13.3 Å². The third-order valence-corrected chi connectivity index (χ3v) is 3.76. The SMILES string of the molecule is CC1CC2(O)CCCC(C2)C1N. The second kappa shape index (κ2) is 2.71. The second-order valence-corrected chi connectivity index (χ2v) is 4.84. The average Bonchev–Trinajstić information content (AvgIpc) is 2.00. The Morgan fingerprint density at radius 1 is 1.42 bits per heavy atom. The van der Waals surface area contributed by atoms with E-state index in [9.17, 15) is 5.11 Å². The average molecular weight is 169 g/mol. The fourth-order valence-corrected chi connectivity index (χ4v) is 3.10. The van der Waals surface area contributed by atoms with Gasteiger partial charge in [0, 0.05) is 6.04 Å². The molecular formula is C10H19NO. The Morgan fingerprint density at radius 3 is 2.92 bits per heavy atom. The molecule has 0 heterocycles. The predicted octanol–water partition coefficient (Wildman–Crippen LogP) is 1.27. The molecule has 2 aliphatic rings. The zero-order valence-corrected chi connectivity index (χ0v) is 7.79. The third-order valence-electron chi connectivity index (χ3n) is 3.76. The zero-order valence-electron chi connectivity index (χ0n) is 7.79. The largest absolute Gasteiger partial charge is 0.390 e. The van der Waals surface area contributed by atoms with Crippen molar-refractivity contribution in [2.75, 3.05) is 0 Å². The molecule has 4 unspecified atom stereocenters. The second-order valence-electron chi connectivity index (χ2n) is 4.84. The molecular weight excluding hydrogens is 150 g/mol. The van der Waals surface area contributed by atoms with Gasteiger partial charge >= 0.3 is 0 Å². The van der Waals surface area contributed by atoms with Crippen LogP contribution in [0.3, 0.4) is 0 Å². The molecule has 12 heavy (non-hydrogen) atoms. The first kappa shape index (κ1) is 8.52. The van der Waals surface area contributed by atoms with Gasteiger partial charge in [0.2, 0.25) is 0 Å². The summed E-state index contributed by atoms with van der Waals surface area (Å²) in [6.45, 7) is 2.17. The highest BCUT2D eigenvalue weighted by molar-refractivity contribution is 4.98. The maximum absolute atomic E-state index is 10.1. The summed E-state index contributed by atoms with van der Waals surface area (Å²) in [6.07, 6.45) is 5.28. The molecule has 0 spiro atoms. The fourth-order valence-electron chi connectivity index (χ4n) is 3.10. The molecule has 0 radical (unpaired) electrons. The van der Waals surface area contributed by atoms with E-state index < -0.39 is 0 Å². The van der Waals surface area contributed by atoms with E-state index in [1.165, 1.54) is 12.8 Å². The van der Waals surface area contributed by atoms with E-state index in [1.54, 1.807) is 0 Å². The number of hydrogen-bond donors (Lipinski definition) is 2. The summed E-state index contributed by atoms with van der Waals surface area (Å²) in [5.41, 5.74) is 5.73. The van der Waals surface area contributed by atoms with E-state index in [0.29, 0.717) is 17.9 Å². The number of rotatable bonds is 0. The Morgan fingerprint density at radius 2 is 2.17 bits per heavy atom. The summed E-state index contributed by atoms with van der Waals surface area (Å²) in [4.78, 5) is 0. The Bertz CT molecular complexity index is 179. The van der Waals surface area contributed by atoms with Crippen LogP contribution in [0, 0.1) is 11.8 Å². The summed E-state index contributed by atoms with van der Waals surface area (Å²) in [7, 11) is 0. The van der Waals surface area contributed by atoms with E-state index >= 15 is 0 Å². The van der Waals surface area contributed by atoms with Crippen LogP contribution in [-0.4, -0.2) is 16.7 Å². The number of hydrogen-bond acceptors (Lipinski definition) is 2. The minimum Gasteiger partial charge on any atom is -0.390 e. The highest BCUT2D eigenvalue weighted by Crippen LogP contribution is 2.44. The lowest BCUT2D eigenvalue weighted by Crippen LogP contribution is -2.52. The summed E-state index contributed by atoms with van der Waals surface area (Å²) < 4.78 is 0. The summed E-state index contributed by atoms with van der Waals surface area (Å²) in [6, 6.07) is 0.338. The van der Waals surface area contributed by atoms with Crippen LogP contribution in [0.5, 0.6) is 0 Å².